The molecule has 1 aromatic heterocycles. The molecule has 1 aromatic carbocycles. The molecule has 3 N–H and O–H groups in total. The number of carbonyl (C=O) groups excluding carboxylic acids is 1. The number of carbonyl (C=O) groups is 1. The van der Waals surface area contributed by atoms with Gasteiger partial charge in [-0.15, -0.1) is 0 Å². The summed E-state index contributed by atoms with van der Waals surface area (Å²) >= 11 is 0. The van der Waals surface area contributed by atoms with Gasteiger partial charge >= 0.3 is 5.97 Å². The van der Waals surface area contributed by atoms with Gasteiger partial charge in [-0.2, -0.15) is 0 Å². The number of hydrogen-bond donors (Lipinski definition) is 3. The van der Waals surface area contributed by atoms with Crippen LogP contribution < -0.4 is 5.56 Å². The predicted octanol–water partition coefficient (Wildman–Crippen LogP) is 1.46. The molecule has 6 nitrogen and oxygen atoms in total. The van der Waals surface area contributed by atoms with E-state index in [1.165, 1.54) is 24.3 Å². The average molecular weight is 334 g/mol. The highest BCUT2D eigenvalue weighted by Crippen LogP contribution is 2.44. The van der Waals surface area contributed by atoms with Gasteiger partial charge in [-0.05, 0) is 31.5 Å². The Morgan fingerprint density at radius 1 is 1.38 bits per heavy atom. The van der Waals surface area contributed by atoms with Gasteiger partial charge in [0.1, 0.15) is 5.82 Å². The SMILES string of the molecule is CCOC(=O)[C@H]1[C@@H](c2ccc(F)cc2)c2c([nH][nH]c2=O)C[C@@]1(C)O. The standard InChI is InChI=1S/C17H19FN2O4/c1-3-24-16(22)14-12(9-4-6-10(18)7-5-9)13-11(8-17(14,2)23)19-20-15(13)21/h4-7,12,14,23H,3,8H2,1-2H3,(H2,19,20,21)/t12-,14+,17+/m0/s1. The molecule has 24 heavy (non-hydrogen) atoms. The van der Waals surface area contributed by atoms with Crippen LogP contribution in [0.15, 0.2) is 29.1 Å². The summed E-state index contributed by atoms with van der Waals surface area (Å²) in [6.07, 6.45) is 0.113. The maximum absolute atomic E-state index is 13.3. The van der Waals surface area contributed by atoms with E-state index in [0.717, 1.165) is 0 Å². The molecular weight excluding hydrogens is 315 g/mol. The molecule has 0 saturated carbocycles. The molecule has 3 rings (SSSR count). The second-order valence-electron chi connectivity index (χ2n) is 6.26. The highest BCUT2D eigenvalue weighted by molar-refractivity contribution is 5.77. The van der Waals surface area contributed by atoms with Crippen molar-refractivity contribution in [2.24, 2.45) is 5.92 Å². The van der Waals surface area contributed by atoms with Crippen LogP contribution in [0.3, 0.4) is 0 Å². The number of fused-ring (bicyclic) bond motifs is 1. The molecule has 128 valence electrons. The Balaban J connectivity index is 2.20. The van der Waals surface area contributed by atoms with Crippen LogP contribution in [0, 0.1) is 11.7 Å². The van der Waals surface area contributed by atoms with Gasteiger partial charge in [0.15, 0.2) is 0 Å². The fraction of sp³-hybridized carbons (Fsp3) is 0.412. The monoisotopic (exact) mass is 334 g/mol. The molecule has 0 fully saturated rings. The molecule has 0 unspecified atom stereocenters. The summed E-state index contributed by atoms with van der Waals surface area (Å²) in [5, 5.41) is 16.1. The topological polar surface area (TPSA) is 95.2 Å². The van der Waals surface area contributed by atoms with E-state index in [4.69, 9.17) is 4.74 Å². The van der Waals surface area contributed by atoms with E-state index >= 15 is 0 Å². The van der Waals surface area contributed by atoms with Crippen molar-refractivity contribution in [3.8, 4) is 0 Å². The lowest BCUT2D eigenvalue weighted by Gasteiger charge is -2.40. The largest absolute Gasteiger partial charge is 0.466 e. The zero-order chi connectivity index (χ0) is 17.5. The normalized spacial score (nSPS) is 26.0. The van der Waals surface area contributed by atoms with Crippen molar-refractivity contribution in [3.63, 3.8) is 0 Å². The van der Waals surface area contributed by atoms with Crippen LogP contribution in [-0.4, -0.2) is 33.5 Å². The van der Waals surface area contributed by atoms with Gasteiger partial charge in [0.25, 0.3) is 5.56 Å². The van der Waals surface area contributed by atoms with Crippen LogP contribution in [0.4, 0.5) is 4.39 Å². The van der Waals surface area contributed by atoms with Crippen LogP contribution >= 0.6 is 0 Å². The van der Waals surface area contributed by atoms with Gasteiger partial charge in [0.2, 0.25) is 0 Å². The third-order valence-corrected chi connectivity index (χ3v) is 4.52. The molecule has 7 heteroatoms. The highest BCUT2D eigenvalue weighted by Gasteiger charge is 2.51. The first-order chi connectivity index (χ1) is 11.3. The van der Waals surface area contributed by atoms with E-state index in [-0.39, 0.29) is 18.6 Å². The summed E-state index contributed by atoms with van der Waals surface area (Å²) in [5.74, 6) is -2.69. The smallest absolute Gasteiger partial charge is 0.312 e. The van der Waals surface area contributed by atoms with Crippen molar-refractivity contribution in [2.75, 3.05) is 6.61 Å². The third-order valence-electron chi connectivity index (χ3n) is 4.52. The van der Waals surface area contributed by atoms with Crippen molar-refractivity contribution in [1.29, 1.82) is 0 Å². The second kappa shape index (κ2) is 5.90. The van der Waals surface area contributed by atoms with Crippen LogP contribution in [0.2, 0.25) is 0 Å². The predicted molar refractivity (Wildman–Crippen MR) is 84.1 cm³/mol. The fourth-order valence-corrected chi connectivity index (χ4v) is 3.52. The number of benzene rings is 1. The minimum Gasteiger partial charge on any atom is -0.466 e. The quantitative estimate of drug-likeness (QED) is 0.741. The van der Waals surface area contributed by atoms with Gasteiger partial charge < -0.3 is 14.9 Å². The summed E-state index contributed by atoms with van der Waals surface area (Å²) in [6.45, 7) is 3.38. The number of aromatic nitrogens is 2. The molecule has 1 aliphatic carbocycles. The minimum absolute atomic E-state index is 0.113. The average Bonchev–Trinajstić information content (AvgIpc) is 2.86. The first-order valence-electron chi connectivity index (χ1n) is 7.79. The summed E-state index contributed by atoms with van der Waals surface area (Å²) in [4.78, 5) is 24.8. The van der Waals surface area contributed by atoms with Crippen LogP contribution in [0.1, 0.15) is 36.6 Å². The number of aromatic amines is 2. The van der Waals surface area contributed by atoms with Crippen molar-refractivity contribution in [1.82, 2.24) is 10.2 Å². The van der Waals surface area contributed by atoms with Crippen LogP contribution in [0.5, 0.6) is 0 Å². The number of halogens is 1. The molecule has 2 aromatic rings. The molecule has 0 saturated heterocycles. The number of H-pyrrole nitrogens is 2. The van der Waals surface area contributed by atoms with Crippen molar-refractivity contribution in [3.05, 3.63) is 57.3 Å². The molecule has 1 heterocycles. The van der Waals surface area contributed by atoms with E-state index in [0.29, 0.717) is 16.8 Å². The first-order valence-corrected chi connectivity index (χ1v) is 7.79. The number of rotatable bonds is 3. The van der Waals surface area contributed by atoms with Crippen molar-refractivity contribution >= 4 is 5.97 Å². The van der Waals surface area contributed by atoms with Crippen LogP contribution in [0.25, 0.3) is 0 Å². The van der Waals surface area contributed by atoms with E-state index in [1.54, 1.807) is 13.8 Å². The molecule has 0 aliphatic heterocycles. The lowest BCUT2D eigenvalue weighted by molar-refractivity contribution is -0.159. The van der Waals surface area contributed by atoms with E-state index in [2.05, 4.69) is 10.2 Å². The minimum atomic E-state index is -1.41. The third kappa shape index (κ3) is 2.65. The fourth-order valence-electron chi connectivity index (χ4n) is 3.52. The Kier molecular flexibility index (Phi) is 4.04. The van der Waals surface area contributed by atoms with Gasteiger partial charge in [0.05, 0.1) is 18.1 Å². The Bertz CT molecular complexity index is 807. The molecule has 0 radical (unpaired) electrons. The summed E-state index contributed by atoms with van der Waals surface area (Å²) in [5.41, 5.74) is -0.278. The van der Waals surface area contributed by atoms with Crippen LogP contribution in [-0.2, 0) is 16.0 Å². The Hall–Kier alpha value is -2.41. The van der Waals surface area contributed by atoms with Crippen molar-refractivity contribution in [2.45, 2.75) is 31.8 Å². The molecule has 0 amide bonds. The molecular formula is C17H19FN2O4. The Morgan fingerprint density at radius 3 is 2.67 bits per heavy atom. The second-order valence-corrected chi connectivity index (χ2v) is 6.26. The van der Waals surface area contributed by atoms with E-state index in [1.807, 2.05) is 0 Å². The molecule has 1 aliphatic rings. The number of esters is 1. The maximum Gasteiger partial charge on any atom is 0.312 e. The maximum atomic E-state index is 13.3. The Morgan fingerprint density at radius 2 is 2.04 bits per heavy atom. The summed E-state index contributed by atoms with van der Waals surface area (Å²) in [6, 6.07) is 5.57. The van der Waals surface area contributed by atoms with Gasteiger partial charge in [-0.3, -0.25) is 14.7 Å². The zero-order valence-electron chi connectivity index (χ0n) is 13.4. The molecule has 0 spiro atoms. The Labute approximate surface area is 137 Å². The van der Waals surface area contributed by atoms with Crippen molar-refractivity contribution < 1.29 is 19.0 Å². The number of hydrogen-bond acceptors (Lipinski definition) is 4. The van der Waals surface area contributed by atoms with Gasteiger partial charge in [-0.1, -0.05) is 12.1 Å². The number of ether oxygens (including phenoxy) is 1. The summed E-state index contributed by atoms with van der Waals surface area (Å²) in [7, 11) is 0. The highest BCUT2D eigenvalue weighted by atomic mass is 19.1. The van der Waals surface area contributed by atoms with Gasteiger partial charge in [0, 0.05) is 23.6 Å². The van der Waals surface area contributed by atoms with E-state index in [9.17, 15) is 19.1 Å². The number of nitrogens with one attached hydrogen (secondary N) is 2. The molecule has 0 bridgehead atoms. The van der Waals surface area contributed by atoms with E-state index < -0.39 is 29.2 Å². The first kappa shape index (κ1) is 16.4. The zero-order valence-corrected chi connectivity index (χ0v) is 13.4. The summed E-state index contributed by atoms with van der Waals surface area (Å²) < 4.78 is 18.4. The number of aliphatic hydroxyl groups is 1. The molecule has 3 atom stereocenters. The lowest BCUT2D eigenvalue weighted by Crippen LogP contribution is -2.50. The van der Waals surface area contributed by atoms with Gasteiger partial charge in [-0.25, -0.2) is 4.39 Å². The lowest BCUT2D eigenvalue weighted by atomic mass is 9.66.